The van der Waals surface area contributed by atoms with Crippen molar-refractivity contribution < 1.29 is 5.11 Å². The number of thioether (sulfide) groups is 1. The first-order chi connectivity index (χ1) is 10.2. The molecule has 0 radical (unpaired) electrons. The SMILES string of the molecule is CSCCc1nc(C(C)N2CCC(C)CC2)n(CCO)n1. The van der Waals surface area contributed by atoms with E-state index in [0.717, 1.165) is 42.8 Å². The summed E-state index contributed by atoms with van der Waals surface area (Å²) >= 11 is 1.81. The number of hydrogen-bond acceptors (Lipinski definition) is 5. The maximum absolute atomic E-state index is 9.25. The van der Waals surface area contributed by atoms with Crippen LogP contribution in [-0.4, -0.2) is 56.5 Å². The maximum Gasteiger partial charge on any atom is 0.151 e. The zero-order valence-corrected chi connectivity index (χ0v) is 14.3. The largest absolute Gasteiger partial charge is 0.394 e. The van der Waals surface area contributed by atoms with Gasteiger partial charge in [0, 0.05) is 12.2 Å². The molecule has 1 saturated heterocycles. The number of likely N-dealkylation sites (tertiary alicyclic amines) is 1. The molecule has 2 heterocycles. The smallest absolute Gasteiger partial charge is 0.151 e. The van der Waals surface area contributed by atoms with Crippen molar-refractivity contribution in [1.29, 1.82) is 0 Å². The molecular weight excluding hydrogens is 284 g/mol. The molecule has 0 aliphatic carbocycles. The molecule has 0 aromatic carbocycles. The highest BCUT2D eigenvalue weighted by atomic mass is 32.2. The van der Waals surface area contributed by atoms with E-state index in [4.69, 9.17) is 4.98 Å². The van der Waals surface area contributed by atoms with E-state index < -0.39 is 0 Å². The van der Waals surface area contributed by atoms with E-state index in [-0.39, 0.29) is 12.6 Å². The fourth-order valence-corrected chi connectivity index (χ4v) is 3.24. The molecule has 1 N–H and O–H groups in total. The third kappa shape index (κ3) is 4.44. The summed E-state index contributed by atoms with van der Waals surface area (Å²) in [7, 11) is 0. The Morgan fingerprint density at radius 2 is 2.10 bits per heavy atom. The lowest BCUT2D eigenvalue weighted by molar-refractivity contribution is 0.137. The average molecular weight is 312 g/mol. The van der Waals surface area contributed by atoms with E-state index in [2.05, 4.69) is 30.1 Å². The van der Waals surface area contributed by atoms with Gasteiger partial charge in [0.1, 0.15) is 5.82 Å². The van der Waals surface area contributed by atoms with Crippen molar-refractivity contribution in [2.75, 3.05) is 31.7 Å². The van der Waals surface area contributed by atoms with Crippen molar-refractivity contribution in [2.45, 2.75) is 45.7 Å². The van der Waals surface area contributed by atoms with Gasteiger partial charge in [-0.25, -0.2) is 9.67 Å². The Hall–Kier alpha value is -0.590. The molecule has 0 amide bonds. The van der Waals surface area contributed by atoms with Crippen LogP contribution in [0.2, 0.25) is 0 Å². The molecule has 21 heavy (non-hydrogen) atoms. The Morgan fingerprint density at radius 1 is 1.38 bits per heavy atom. The van der Waals surface area contributed by atoms with Gasteiger partial charge in [0.25, 0.3) is 0 Å². The second-order valence-electron chi connectivity index (χ2n) is 5.97. The first-order valence-electron chi connectivity index (χ1n) is 7.93. The summed E-state index contributed by atoms with van der Waals surface area (Å²) in [6.07, 6.45) is 5.52. The molecule has 1 aliphatic rings. The van der Waals surface area contributed by atoms with Gasteiger partial charge in [0.2, 0.25) is 0 Å². The Balaban J connectivity index is 2.10. The van der Waals surface area contributed by atoms with E-state index in [9.17, 15) is 5.11 Å². The Labute approximate surface area is 132 Å². The molecule has 0 bridgehead atoms. The Morgan fingerprint density at radius 3 is 2.71 bits per heavy atom. The first kappa shape index (κ1) is 16.8. The summed E-state index contributed by atoms with van der Waals surface area (Å²) in [5, 5.41) is 13.8. The van der Waals surface area contributed by atoms with Crippen molar-refractivity contribution in [3.63, 3.8) is 0 Å². The number of nitrogens with zero attached hydrogens (tertiary/aromatic N) is 4. The van der Waals surface area contributed by atoms with E-state index in [1.54, 1.807) is 0 Å². The second kappa shape index (κ2) is 8.15. The lowest BCUT2D eigenvalue weighted by Crippen LogP contribution is -2.36. The number of rotatable bonds is 7. The monoisotopic (exact) mass is 312 g/mol. The van der Waals surface area contributed by atoms with Crippen LogP contribution in [0.3, 0.4) is 0 Å². The van der Waals surface area contributed by atoms with Gasteiger partial charge in [-0.1, -0.05) is 6.92 Å². The molecule has 1 fully saturated rings. The molecule has 1 aliphatic heterocycles. The topological polar surface area (TPSA) is 54.2 Å². The van der Waals surface area contributed by atoms with Gasteiger partial charge >= 0.3 is 0 Å². The summed E-state index contributed by atoms with van der Waals surface area (Å²) in [6.45, 7) is 7.46. The Kier molecular flexibility index (Phi) is 6.51. The third-order valence-corrected chi connectivity index (χ3v) is 4.94. The van der Waals surface area contributed by atoms with E-state index in [1.807, 2.05) is 16.4 Å². The minimum absolute atomic E-state index is 0.113. The van der Waals surface area contributed by atoms with Gasteiger partial charge in [0.05, 0.1) is 19.2 Å². The molecule has 1 unspecified atom stereocenters. The van der Waals surface area contributed by atoms with Crippen molar-refractivity contribution >= 4 is 11.8 Å². The van der Waals surface area contributed by atoms with Crippen LogP contribution in [0.4, 0.5) is 0 Å². The fraction of sp³-hybridized carbons (Fsp3) is 0.867. The van der Waals surface area contributed by atoms with Gasteiger partial charge in [-0.05, 0) is 45.0 Å². The highest BCUT2D eigenvalue weighted by Crippen LogP contribution is 2.25. The van der Waals surface area contributed by atoms with Crippen molar-refractivity contribution in [3.05, 3.63) is 11.6 Å². The van der Waals surface area contributed by atoms with E-state index in [1.165, 1.54) is 12.8 Å². The van der Waals surface area contributed by atoms with Crippen LogP contribution in [0.25, 0.3) is 0 Å². The quantitative estimate of drug-likeness (QED) is 0.834. The summed E-state index contributed by atoms with van der Waals surface area (Å²) in [5.74, 6) is 3.79. The van der Waals surface area contributed by atoms with E-state index >= 15 is 0 Å². The zero-order chi connectivity index (χ0) is 15.2. The molecule has 0 saturated carbocycles. The molecule has 1 aromatic rings. The van der Waals surface area contributed by atoms with Crippen LogP contribution in [0.5, 0.6) is 0 Å². The van der Waals surface area contributed by atoms with Gasteiger partial charge in [-0.3, -0.25) is 4.90 Å². The second-order valence-corrected chi connectivity index (χ2v) is 6.96. The molecule has 1 atom stereocenters. The normalized spacial score (nSPS) is 19.0. The summed E-state index contributed by atoms with van der Waals surface area (Å²) in [6, 6.07) is 0.277. The number of hydrogen-bond donors (Lipinski definition) is 1. The third-order valence-electron chi connectivity index (χ3n) is 4.33. The average Bonchev–Trinajstić information content (AvgIpc) is 2.88. The van der Waals surface area contributed by atoms with Crippen molar-refractivity contribution in [2.24, 2.45) is 5.92 Å². The lowest BCUT2D eigenvalue weighted by Gasteiger charge is -2.34. The van der Waals surface area contributed by atoms with Gasteiger partial charge < -0.3 is 5.11 Å². The zero-order valence-electron chi connectivity index (χ0n) is 13.5. The first-order valence-corrected chi connectivity index (χ1v) is 9.32. The van der Waals surface area contributed by atoms with Gasteiger partial charge in [-0.2, -0.15) is 16.9 Å². The standard InChI is InChI=1S/C15H28N4OS/c1-12-4-7-18(8-5-12)13(2)15-16-14(6-11-21-3)17-19(15)9-10-20/h12-13,20H,4-11H2,1-3H3. The fourth-order valence-electron chi connectivity index (χ4n) is 2.85. The van der Waals surface area contributed by atoms with Crippen LogP contribution in [-0.2, 0) is 13.0 Å². The van der Waals surface area contributed by atoms with Crippen LogP contribution in [0, 0.1) is 5.92 Å². The molecular formula is C15H28N4OS. The molecule has 6 heteroatoms. The lowest BCUT2D eigenvalue weighted by atomic mass is 9.98. The molecule has 2 rings (SSSR count). The number of aryl methyl sites for hydroxylation is 1. The van der Waals surface area contributed by atoms with Crippen molar-refractivity contribution in [1.82, 2.24) is 19.7 Å². The molecule has 1 aromatic heterocycles. The van der Waals surface area contributed by atoms with Crippen LogP contribution < -0.4 is 0 Å². The van der Waals surface area contributed by atoms with Crippen LogP contribution >= 0.6 is 11.8 Å². The van der Waals surface area contributed by atoms with Crippen molar-refractivity contribution in [3.8, 4) is 0 Å². The predicted octanol–water partition coefficient (Wildman–Crippen LogP) is 1.97. The highest BCUT2D eigenvalue weighted by molar-refractivity contribution is 7.98. The summed E-state index contributed by atoms with van der Waals surface area (Å²) in [5.41, 5.74) is 0. The minimum atomic E-state index is 0.113. The van der Waals surface area contributed by atoms with Gasteiger partial charge in [-0.15, -0.1) is 0 Å². The number of aliphatic hydroxyl groups is 1. The number of piperidine rings is 1. The predicted molar refractivity (Wildman–Crippen MR) is 87.6 cm³/mol. The number of aromatic nitrogens is 3. The Bertz CT molecular complexity index is 429. The summed E-state index contributed by atoms with van der Waals surface area (Å²) in [4.78, 5) is 7.24. The van der Waals surface area contributed by atoms with Gasteiger partial charge in [0.15, 0.2) is 5.82 Å². The number of aliphatic hydroxyl groups excluding tert-OH is 1. The molecule has 0 spiro atoms. The molecule has 5 nitrogen and oxygen atoms in total. The summed E-state index contributed by atoms with van der Waals surface area (Å²) < 4.78 is 1.90. The highest BCUT2D eigenvalue weighted by Gasteiger charge is 2.25. The van der Waals surface area contributed by atoms with Crippen LogP contribution in [0.15, 0.2) is 0 Å². The minimum Gasteiger partial charge on any atom is -0.394 e. The maximum atomic E-state index is 9.25. The van der Waals surface area contributed by atoms with E-state index in [0.29, 0.717) is 6.54 Å². The van der Waals surface area contributed by atoms with Crippen LogP contribution in [0.1, 0.15) is 44.4 Å². The molecule has 120 valence electrons.